The highest BCUT2D eigenvalue weighted by Crippen LogP contribution is 2.24. The normalized spacial score (nSPS) is 19.1. The fraction of sp³-hybridized carbons (Fsp3) is 0.455. The lowest BCUT2D eigenvalue weighted by atomic mass is 9.89. The van der Waals surface area contributed by atoms with Crippen molar-refractivity contribution in [2.75, 3.05) is 0 Å². The van der Waals surface area contributed by atoms with Gasteiger partial charge in [0, 0.05) is 6.07 Å². The largest absolute Gasteiger partial charge is 0.361 e. The maximum absolute atomic E-state index is 12.1. The summed E-state index contributed by atoms with van der Waals surface area (Å²) in [7, 11) is 0. The molecule has 7 nitrogen and oxygen atoms in total. The molecule has 0 bridgehead atoms. The Morgan fingerprint density at radius 2 is 2.06 bits per heavy atom. The molecule has 0 unspecified atom stereocenters. The Morgan fingerprint density at radius 3 is 2.61 bits per heavy atom. The minimum atomic E-state index is -1.26. The quantitative estimate of drug-likeness (QED) is 0.776. The molecular weight excluding hydrogens is 238 g/mol. The molecule has 1 aromatic rings. The molecule has 18 heavy (non-hydrogen) atoms. The van der Waals surface area contributed by atoms with Crippen LogP contribution in [0.1, 0.15) is 25.3 Å². The lowest BCUT2D eigenvalue weighted by molar-refractivity contribution is -0.149. The summed E-state index contributed by atoms with van der Waals surface area (Å²) in [5, 5.41) is 5.86. The van der Waals surface area contributed by atoms with E-state index in [1.165, 1.54) is 13.8 Å². The van der Waals surface area contributed by atoms with Crippen LogP contribution in [-0.2, 0) is 16.1 Å². The fourth-order valence-electron chi connectivity index (χ4n) is 1.65. The maximum atomic E-state index is 12.1. The SMILES string of the molecule is Cc1cc(CN2C(=O)NC(=O)C(C)(C)C2=O)no1. The van der Waals surface area contributed by atoms with E-state index < -0.39 is 23.3 Å². The standard InChI is InChI=1S/C11H13N3O4/c1-6-4-7(13-18-6)5-14-9(16)11(2,3)8(15)12-10(14)17/h4H,5H2,1-3H3,(H,12,15,17). The first-order valence-corrected chi connectivity index (χ1v) is 5.42. The Morgan fingerprint density at radius 1 is 1.39 bits per heavy atom. The van der Waals surface area contributed by atoms with Crippen molar-refractivity contribution in [3.8, 4) is 0 Å². The van der Waals surface area contributed by atoms with E-state index in [1.54, 1.807) is 13.0 Å². The maximum Gasteiger partial charge on any atom is 0.331 e. The average Bonchev–Trinajstić information content (AvgIpc) is 2.68. The van der Waals surface area contributed by atoms with Crippen LogP contribution in [0, 0.1) is 12.3 Å². The van der Waals surface area contributed by atoms with Crippen LogP contribution < -0.4 is 5.32 Å². The summed E-state index contributed by atoms with van der Waals surface area (Å²) in [6.07, 6.45) is 0. The second kappa shape index (κ2) is 3.94. The number of amides is 4. The zero-order valence-electron chi connectivity index (χ0n) is 10.3. The molecule has 0 radical (unpaired) electrons. The minimum Gasteiger partial charge on any atom is -0.361 e. The van der Waals surface area contributed by atoms with Crippen LogP contribution in [0.25, 0.3) is 0 Å². The first-order chi connectivity index (χ1) is 8.32. The van der Waals surface area contributed by atoms with Crippen LogP contribution in [0.3, 0.4) is 0 Å². The van der Waals surface area contributed by atoms with E-state index in [-0.39, 0.29) is 6.54 Å². The summed E-state index contributed by atoms with van der Waals surface area (Å²) in [5.74, 6) is -0.549. The Bertz CT molecular complexity index is 532. The highest BCUT2D eigenvalue weighted by Gasteiger charge is 2.47. The van der Waals surface area contributed by atoms with Gasteiger partial charge < -0.3 is 4.52 Å². The van der Waals surface area contributed by atoms with E-state index in [0.717, 1.165) is 4.90 Å². The third-order valence-corrected chi connectivity index (χ3v) is 2.81. The summed E-state index contributed by atoms with van der Waals surface area (Å²) < 4.78 is 4.86. The number of rotatable bonds is 2. The topological polar surface area (TPSA) is 92.5 Å². The van der Waals surface area contributed by atoms with Gasteiger partial charge in [-0.2, -0.15) is 0 Å². The monoisotopic (exact) mass is 251 g/mol. The first kappa shape index (κ1) is 12.3. The van der Waals surface area contributed by atoms with Gasteiger partial charge in [0.2, 0.25) is 11.8 Å². The molecule has 1 aliphatic rings. The van der Waals surface area contributed by atoms with E-state index >= 15 is 0 Å². The zero-order chi connectivity index (χ0) is 13.5. The van der Waals surface area contributed by atoms with Gasteiger partial charge in [-0.15, -0.1) is 0 Å². The van der Waals surface area contributed by atoms with Crippen molar-refractivity contribution in [3.63, 3.8) is 0 Å². The highest BCUT2D eigenvalue weighted by atomic mass is 16.5. The molecule has 0 saturated carbocycles. The molecule has 0 aliphatic carbocycles. The molecule has 0 aromatic carbocycles. The lowest BCUT2D eigenvalue weighted by Crippen LogP contribution is -2.61. The molecule has 1 N–H and O–H groups in total. The second-order valence-corrected chi connectivity index (χ2v) is 4.70. The smallest absolute Gasteiger partial charge is 0.331 e. The van der Waals surface area contributed by atoms with Crippen molar-refractivity contribution in [3.05, 3.63) is 17.5 Å². The number of carbonyl (C=O) groups excluding carboxylic acids is 3. The van der Waals surface area contributed by atoms with Crippen molar-refractivity contribution in [2.45, 2.75) is 27.3 Å². The fourth-order valence-corrected chi connectivity index (χ4v) is 1.65. The summed E-state index contributed by atoms with van der Waals surface area (Å²) >= 11 is 0. The molecule has 1 aromatic heterocycles. The highest BCUT2D eigenvalue weighted by molar-refractivity contribution is 6.18. The van der Waals surface area contributed by atoms with Crippen LogP contribution >= 0.6 is 0 Å². The summed E-state index contributed by atoms with van der Waals surface area (Å²) in [4.78, 5) is 36.2. The molecule has 96 valence electrons. The zero-order valence-corrected chi connectivity index (χ0v) is 10.3. The van der Waals surface area contributed by atoms with Crippen LogP contribution in [0.15, 0.2) is 10.6 Å². The Hall–Kier alpha value is -2.18. The average molecular weight is 251 g/mol. The van der Waals surface area contributed by atoms with Crippen LogP contribution in [0.2, 0.25) is 0 Å². The minimum absolute atomic E-state index is 0.0152. The number of nitrogens with zero attached hydrogens (tertiary/aromatic N) is 2. The summed E-state index contributed by atoms with van der Waals surface area (Å²) in [6.45, 7) is 4.64. The van der Waals surface area contributed by atoms with Crippen molar-refractivity contribution in [1.82, 2.24) is 15.4 Å². The van der Waals surface area contributed by atoms with Gasteiger partial charge in [0.1, 0.15) is 16.9 Å². The van der Waals surface area contributed by atoms with E-state index in [2.05, 4.69) is 10.5 Å². The molecule has 0 spiro atoms. The third-order valence-electron chi connectivity index (χ3n) is 2.81. The number of hydrogen-bond donors (Lipinski definition) is 1. The van der Waals surface area contributed by atoms with Gasteiger partial charge >= 0.3 is 6.03 Å². The van der Waals surface area contributed by atoms with Crippen molar-refractivity contribution in [1.29, 1.82) is 0 Å². The van der Waals surface area contributed by atoms with Crippen LogP contribution in [0.4, 0.5) is 4.79 Å². The Kier molecular flexibility index (Phi) is 2.68. The van der Waals surface area contributed by atoms with E-state index in [0.29, 0.717) is 11.5 Å². The van der Waals surface area contributed by atoms with Crippen LogP contribution in [0.5, 0.6) is 0 Å². The molecule has 2 rings (SSSR count). The third kappa shape index (κ3) is 1.87. The van der Waals surface area contributed by atoms with Gasteiger partial charge in [-0.3, -0.25) is 19.8 Å². The Labute approximate surface area is 103 Å². The molecule has 1 fully saturated rings. The molecule has 2 heterocycles. The van der Waals surface area contributed by atoms with Gasteiger partial charge in [-0.25, -0.2) is 4.79 Å². The molecule has 1 saturated heterocycles. The number of carbonyl (C=O) groups is 3. The molecule has 4 amide bonds. The second-order valence-electron chi connectivity index (χ2n) is 4.70. The number of aryl methyl sites for hydroxylation is 1. The predicted octanol–water partition coefficient (Wildman–Crippen LogP) is 0.588. The number of nitrogens with one attached hydrogen (secondary N) is 1. The van der Waals surface area contributed by atoms with E-state index in [9.17, 15) is 14.4 Å². The van der Waals surface area contributed by atoms with Gasteiger partial charge in [-0.05, 0) is 20.8 Å². The van der Waals surface area contributed by atoms with Gasteiger partial charge in [-0.1, -0.05) is 5.16 Å². The van der Waals surface area contributed by atoms with Gasteiger partial charge in [0.05, 0.1) is 6.54 Å². The van der Waals surface area contributed by atoms with E-state index in [4.69, 9.17) is 4.52 Å². The van der Waals surface area contributed by atoms with Crippen molar-refractivity contribution >= 4 is 17.8 Å². The predicted molar refractivity (Wildman–Crippen MR) is 59.1 cm³/mol. The molecular formula is C11H13N3O4. The lowest BCUT2D eigenvalue weighted by Gasteiger charge is -2.33. The molecule has 1 aliphatic heterocycles. The van der Waals surface area contributed by atoms with Gasteiger partial charge in [0.25, 0.3) is 0 Å². The number of urea groups is 1. The number of hydrogen-bond acceptors (Lipinski definition) is 5. The van der Waals surface area contributed by atoms with E-state index in [1.807, 2.05) is 0 Å². The molecule has 0 atom stereocenters. The number of barbiturate groups is 1. The first-order valence-electron chi connectivity index (χ1n) is 5.42. The molecule has 7 heteroatoms. The number of aromatic nitrogens is 1. The summed E-state index contributed by atoms with van der Waals surface area (Å²) in [6, 6.07) is 0.897. The Balaban J connectivity index is 2.24. The van der Waals surface area contributed by atoms with Gasteiger partial charge in [0.15, 0.2) is 0 Å². The summed E-state index contributed by atoms with van der Waals surface area (Å²) in [5.41, 5.74) is -0.798. The number of imide groups is 2. The van der Waals surface area contributed by atoms with Crippen molar-refractivity contribution in [2.24, 2.45) is 5.41 Å². The van der Waals surface area contributed by atoms with Crippen LogP contribution in [-0.4, -0.2) is 27.9 Å². The van der Waals surface area contributed by atoms with Crippen molar-refractivity contribution < 1.29 is 18.9 Å².